The summed E-state index contributed by atoms with van der Waals surface area (Å²) in [5.74, 6) is -1.96. The molecule has 1 heterocycles. The van der Waals surface area contributed by atoms with Crippen LogP contribution in [0.4, 0.5) is 5.69 Å². The van der Waals surface area contributed by atoms with Gasteiger partial charge in [-0.15, -0.1) is 0 Å². The molecule has 100 valence electrons. The van der Waals surface area contributed by atoms with Gasteiger partial charge in [-0.3, -0.25) is 0 Å². The zero-order valence-corrected chi connectivity index (χ0v) is 10.5. The predicted molar refractivity (Wildman–Crippen MR) is 70.6 cm³/mol. The highest BCUT2D eigenvalue weighted by molar-refractivity contribution is 5.90. The molecule has 19 heavy (non-hydrogen) atoms. The van der Waals surface area contributed by atoms with Crippen LogP contribution in [-0.4, -0.2) is 28.2 Å². The van der Waals surface area contributed by atoms with E-state index < -0.39 is 18.0 Å². The number of anilines is 1. The predicted octanol–water partition coefficient (Wildman–Crippen LogP) is 2.31. The molecule has 0 radical (unpaired) electrons. The minimum atomic E-state index is -1.02. The third kappa shape index (κ3) is 2.59. The van der Waals surface area contributed by atoms with E-state index in [1.165, 1.54) is 6.07 Å². The fraction of sp³-hybridized carbons (Fsp3) is 0.286. The number of rotatable bonds is 3. The fourth-order valence-electron chi connectivity index (χ4n) is 2.34. The van der Waals surface area contributed by atoms with E-state index >= 15 is 0 Å². The zero-order valence-electron chi connectivity index (χ0n) is 10.5. The Morgan fingerprint density at radius 3 is 2.68 bits per heavy atom. The number of benzene rings is 1. The first-order valence-corrected chi connectivity index (χ1v) is 6.02. The van der Waals surface area contributed by atoms with Crippen LogP contribution in [0.1, 0.15) is 35.2 Å². The monoisotopic (exact) mass is 261 g/mol. The summed E-state index contributed by atoms with van der Waals surface area (Å²) >= 11 is 0. The number of fused-ring (bicyclic) bond motifs is 1. The molecule has 3 N–H and O–H groups in total. The quantitative estimate of drug-likeness (QED) is 0.727. The Morgan fingerprint density at radius 2 is 2.11 bits per heavy atom. The lowest BCUT2D eigenvalue weighted by Crippen LogP contribution is -2.34. The molecule has 1 aromatic carbocycles. The molecule has 2 atom stereocenters. The van der Waals surface area contributed by atoms with Gasteiger partial charge in [-0.25, -0.2) is 9.59 Å². The zero-order chi connectivity index (χ0) is 14.0. The number of nitrogens with one attached hydrogen (secondary N) is 1. The SMILES string of the molecule is C/C=C\C1CC(C(=O)O)Nc2cc(C(=O)O)ccc21. The van der Waals surface area contributed by atoms with Crippen LogP contribution in [0.5, 0.6) is 0 Å². The first kappa shape index (κ1) is 13.1. The summed E-state index contributed by atoms with van der Waals surface area (Å²) in [6.07, 6.45) is 4.28. The van der Waals surface area contributed by atoms with Gasteiger partial charge in [0.05, 0.1) is 5.56 Å². The molecule has 5 nitrogen and oxygen atoms in total. The molecule has 0 saturated heterocycles. The van der Waals surface area contributed by atoms with Crippen molar-refractivity contribution in [1.82, 2.24) is 0 Å². The van der Waals surface area contributed by atoms with Crippen molar-refractivity contribution in [2.75, 3.05) is 5.32 Å². The second-order valence-electron chi connectivity index (χ2n) is 4.51. The van der Waals surface area contributed by atoms with Crippen molar-refractivity contribution in [3.05, 3.63) is 41.5 Å². The van der Waals surface area contributed by atoms with Gasteiger partial charge in [0.25, 0.3) is 0 Å². The normalized spacial score (nSPS) is 21.7. The number of carboxylic acids is 2. The number of hydrogen-bond donors (Lipinski definition) is 3. The fourth-order valence-corrected chi connectivity index (χ4v) is 2.34. The lowest BCUT2D eigenvalue weighted by atomic mass is 9.86. The highest BCUT2D eigenvalue weighted by Gasteiger charge is 2.29. The molecule has 0 spiro atoms. The summed E-state index contributed by atoms with van der Waals surface area (Å²) in [5, 5.41) is 21.0. The summed E-state index contributed by atoms with van der Waals surface area (Å²) in [6, 6.07) is 4.08. The Labute approximate surface area is 110 Å². The van der Waals surface area contributed by atoms with E-state index in [-0.39, 0.29) is 11.5 Å². The average molecular weight is 261 g/mol. The molecule has 1 aliphatic rings. The van der Waals surface area contributed by atoms with E-state index in [4.69, 9.17) is 10.2 Å². The lowest BCUT2D eigenvalue weighted by molar-refractivity contribution is -0.138. The molecule has 0 aromatic heterocycles. The van der Waals surface area contributed by atoms with Gasteiger partial charge >= 0.3 is 11.9 Å². The standard InChI is InChI=1S/C14H15NO4/c1-2-3-8-6-12(14(18)19)15-11-7-9(13(16)17)4-5-10(8)11/h2-5,7-8,12,15H,6H2,1H3,(H,16,17)(H,18,19)/b3-2-. The van der Waals surface area contributed by atoms with Crippen LogP contribution in [0.3, 0.4) is 0 Å². The Balaban J connectivity index is 2.45. The molecule has 0 fully saturated rings. The van der Waals surface area contributed by atoms with Crippen molar-refractivity contribution in [2.24, 2.45) is 0 Å². The van der Waals surface area contributed by atoms with Gasteiger partial charge in [0.15, 0.2) is 0 Å². The van der Waals surface area contributed by atoms with E-state index in [2.05, 4.69) is 5.32 Å². The van der Waals surface area contributed by atoms with Crippen LogP contribution in [-0.2, 0) is 4.79 Å². The number of carboxylic acid groups (broad SMARTS) is 2. The van der Waals surface area contributed by atoms with Gasteiger partial charge < -0.3 is 15.5 Å². The van der Waals surface area contributed by atoms with Crippen LogP contribution in [0.15, 0.2) is 30.4 Å². The van der Waals surface area contributed by atoms with Gasteiger partial charge in [0.1, 0.15) is 6.04 Å². The van der Waals surface area contributed by atoms with Crippen molar-refractivity contribution in [3.8, 4) is 0 Å². The summed E-state index contributed by atoms with van der Waals surface area (Å²) in [5.41, 5.74) is 1.67. The molecule has 1 aliphatic heterocycles. The molecule has 2 rings (SSSR count). The summed E-state index contributed by atoms with van der Waals surface area (Å²) in [6.45, 7) is 1.88. The van der Waals surface area contributed by atoms with Crippen molar-refractivity contribution in [3.63, 3.8) is 0 Å². The Kier molecular flexibility index (Phi) is 3.55. The molecule has 2 unspecified atom stereocenters. The minimum absolute atomic E-state index is 0.00908. The highest BCUT2D eigenvalue weighted by atomic mass is 16.4. The van der Waals surface area contributed by atoms with Crippen molar-refractivity contribution < 1.29 is 19.8 Å². The number of aliphatic carboxylic acids is 1. The number of hydrogen-bond acceptors (Lipinski definition) is 3. The van der Waals surface area contributed by atoms with Gasteiger partial charge in [0.2, 0.25) is 0 Å². The Hall–Kier alpha value is -2.30. The smallest absolute Gasteiger partial charge is 0.335 e. The van der Waals surface area contributed by atoms with Crippen LogP contribution in [0, 0.1) is 0 Å². The Bertz CT molecular complexity index is 550. The number of aromatic carboxylic acids is 1. The maximum Gasteiger partial charge on any atom is 0.335 e. The second-order valence-corrected chi connectivity index (χ2v) is 4.51. The van der Waals surface area contributed by atoms with Gasteiger partial charge in [0, 0.05) is 11.6 Å². The third-order valence-electron chi connectivity index (χ3n) is 3.24. The van der Waals surface area contributed by atoms with Crippen molar-refractivity contribution in [1.29, 1.82) is 0 Å². The maximum absolute atomic E-state index is 11.1. The molecule has 0 bridgehead atoms. The van der Waals surface area contributed by atoms with E-state index in [1.807, 2.05) is 19.1 Å². The number of carbonyl (C=O) groups is 2. The van der Waals surface area contributed by atoms with E-state index in [0.717, 1.165) is 5.56 Å². The molecule has 1 aromatic rings. The minimum Gasteiger partial charge on any atom is -0.480 e. The molecule has 0 saturated carbocycles. The van der Waals surface area contributed by atoms with E-state index in [0.29, 0.717) is 12.1 Å². The van der Waals surface area contributed by atoms with Crippen LogP contribution in [0.25, 0.3) is 0 Å². The first-order chi connectivity index (χ1) is 9.02. The molecule has 0 aliphatic carbocycles. The average Bonchev–Trinajstić information content (AvgIpc) is 2.38. The lowest BCUT2D eigenvalue weighted by Gasteiger charge is -2.29. The third-order valence-corrected chi connectivity index (χ3v) is 3.24. The summed E-state index contributed by atoms with van der Waals surface area (Å²) in [7, 11) is 0. The van der Waals surface area contributed by atoms with Crippen LogP contribution in [0.2, 0.25) is 0 Å². The Morgan fingerprint density at radius 1 is 1.37 bits per heavy atom. The van der Waals surface area contributed by atoms with E-state index in [1.54, 1.807) is 12.1 Å². The first-order valence-electron chi connectivity index (χ1n) is 6.02. The second kappa shape index (κ2) is 5.14. The van der Waals surface area contributed by atoms with Crippen LogP contribution < -0.4 is 5.32 Å². The topological polar surface area (TPSA) is 86.6 Å². The van der Waals surface area contributed by atoms with Crippen LogP contribution >= 0.6 is 0 Å². The molecular formula is C14H15NO4. The van der Waals surface area contributed by atoms with Gasteiger partial charge in [-0.1, -0.05) is 18.2 Å². The summed E-state index contributed by atoms with van der Waals surface area (Å²) < 4.78 is 0. The van der Waals surface area contributed by atoms with Gasteiger partial charge in [-0.2, -0.15) is 0 Å². The highest BCUT2D eigenvalue weighted by Crippen LogP contribution is 2.35. The molecular weight excluding hydrogens is 246 g/mol. The van der Waals surface area contributed by atoms with Gasteiger partial charge in [-0.05, 0) is 31.0 Å². The molecule has 5 heteroatoms. The summed E-state index contributed by atoms with van der Waals surface area (Å²) in [4.78, 5) is 22.1. The van der Waals surface area contributed by atoms with Crippen molar-refractivity contribution in [2.45, 2.75) is 25.3 Å². The van der Waals surface area contributed by atoms with E-state index in [9.17, 15) is 9.59 Å². The largest absolute Gasteiger partial charge is 0.480 e. The maximum atomic E-state index is 11.1. The molecule has 0 amide bonds. The van der Waals surface area contributed by atoms with Crippen molar-refractivity contribution >= 4 is 17.6 Å². The number of allylic oxidation sites excluding steroid dienone is 2.